The third-order valence-corrected chi connectivity index (χ3v) is 5.72. The minimum Gasteiger partial charge on any atom is -0.238 e. The van der Waals surface area contributed by atoms with E-state index in [1.54, 1.807) is 0 Å². The lowest BCUT2D eigenvalue weighted by Gasteiger charge is -2.29. The lowest BCUT2D eigenvalue weighted by Crippen LogP contribution is -2.27. The quantitative estimate of drug-likeness (QED) is 0.578. The van der Waals surface area contributed by atoms with Gasteiger partial charge in [0.05, 0.1) is 11.1 Å². The molecule has 3 heteroatoms. The third kappa shape index (κ3) is 2.97. The first-order chi connectivity index (χ1) is 11.8. The Bertz CT molecular complexity index is 873. The summed E-state index contributed by atoms with van der Waals surface area (Å²) in [7, 11) is 0. The molecule has 0 unspecified atom stereocenters. The van der Waals surface area contributed by atoms with Crippen LogP contribution in [0.5, 0.6) is 0 Å². The van der Waals surface area contributed by atoms with Crippen molar-refractivity contribution < 1.29 is 0 Å². The van der Waals surface area contributed by atoms with Crippen molar-refractivity contribution in [3.8, 4) is 11.1 Å². The average Bonchev–Trinajstić information content (AvgIpc) is 3.06. The second-order valence-corrected chi connectivity index (χ2v) is 8.13. The predicted molar refractivity (Wildman–Crippen MR) is 106 cm³/mol. The minimum absolute atomic E-state index is 0.0761. The van der Waals surface area contributed by atoms with Gasteiger partial charge in [0.15, 0.2) is 0 Å². The Labute approximate surface area is 151 Å². The van der Waals surface area contributed by atoms with E-state index in [4.69, 9.17) is 0 Å². The van der Waals surface area contributed by atoms with Crippen LogP contribution in [0.25, 0.3) is 22.2 Å². The highest BCUT2D eigenvalue weighted by atomic mass is 15.4. The number of benzene rings is 2. The maximum absolute atomic E-state index is 4.54. The molecule has 132 valence electrons. The summed E-state index contributed by atoms with van der Waals surface area (Å²) >= 11 is 0. The average molecular weight is 335 g/mol. The van der Waals surface area contributed by atoms with E-state index < -0.39 is 0 Å². The van der Waals surface area contributed by atoms with Gasteiger partial charge in [-0.1, -0.05) is 69.3 Å². The summed E-state index contributed by atoms with van der Waals surface area (Å²) in [4.78, 5) is 0. The molecule has 0 aliphatic heterocycles. The molecule has 0 aliphatic carbocycles. The summed E-state index contributed by atoms with van der Waals surface area (Å²) in [5.74, 6) is 0. The molecule has 0 fully saturated rings. The molecular weight excluding hydrogens is 306 g/mol. The van der Waals surface area contributed by atoms with E-state index >= 15 is 0 Å². The minimum atomic E-state index is -0.0761. The topological polar surface area (TPSA) is 30.7 Å². The fourth-order valence-corrected chi connectivity index (χ4v) is 3.24. The maximum atomic E-state index is 4.54. The molecular formula is C22H29N3. The number of nitrogens with zero attached hydrogens (tertiary/aromatic N) is 3. The number of hydrogen-bond donors (Lipinski definition) is 0. The molecule has 0 aliphatic rings. The van der Waals surface area contributed by atoms with E-state index in [1.807, 2.05) is 0 Å². The van der Waals surface area contributed by atoms with Gasteiger partial charge in [-0.25, -0.2) is 4.68 Å². The number of fused-ring (bicyclic) bond motifs is 1. The molecule has 0 saturated heterocycles. The second-order valence-electron chi connectivity index (χ2n) is 8.13. The monoisotopic (exact) mass is 335 g/mol. The fraction of sp³-hybridized carbons (Fsp3) is 0.455. The fourth-order valence-electron chi connectivity index (χ4n) is 3.24. The van der Waals surface area contributed by atoms with Crippen molar-refractivity contribution in [3.63, 3.8) is 0 Å². The SMILES string of the molecule is CCC(C)(C)c1ccc2nnn(C(C)(C)CC)c2c1-c1ccccc1. The largest absolute Gasteiger partial charge is 0.238 e. The van der Waals surface area contributed by atoms with E-state index in [9.17, 15) is 0 Å². The van der Waals surface area contributed by atoms with Gasteiger partial charge in [0, 0.05) is 5.56 Å². The van der Waals surface area contributed by atoms with Crippen molar-refractivity contribution >= 4 is 11.0 Å². The first-order valence-corrected chi connectivity index (χ1v) is 9.26. The standard InChI is InChI=1S/C22H29N3/c1-7-21(3,4)17-14-15-18-20(19(17)16-12-10-9-11-13-16)25(24-23-18)22(5,6)8-2/h9-15H,7-8H2,1-6H3. The van der Waals surface area contributed by atoms with Crippen LogP contribution in [0.2, 0.25) is 0 Å². The maximum Gasteiger partial charge on any atom is 0.113 e. The van der Waals surface area contributed by atoms with Gasteiger partial charge in [0.1, 0.15) is 5.52 Å². The normalized spacial score (nSPS) is 12.7. The lowest BCUT2D eigenvalue weighted by atomic mass is 9.77. The Kier molecular flexibility index (Phi) is 4.44. The summed E-state index contributed by atoms with van der Waals surface area (Å²) in [5.41, 5.74) is 6.01. The highest BCUT2D eigenvalue weighted by Crippen LogP contribution is 2.40. The summed E-state index contributed by atoms with van der Waals surface area (Å²) in [6, 6.07) is 15.0. The molecule has 1 heterocycles. The summed E-state index contributed by atoms with van der Waals surface area (Å²) in [6.45, 7) is 13.6. The van der Waals surface area contributed by atoms with Crippen LogP contribution in [0.15, 0.2) is 42.5 Å². The molecule has 1 aromatic heterocycles. The number of rotatable bonds is 5. The molecule has 0 atom stereocenters. The zero-order valence-corrected chi connectivity index (χ0v) is 16.3. The summed E-state index contributed by atoms with van der Waals surface area (Å²) in [5, 5.41) is 9.02. The molecule has 25 heavy (non-hydrogen) atoms. The highest BCUT2D eigenvalue weighted by molar-refractivity contribution is 5.94. The van der Waals surface area contributed by atoms with Crippen molar-refractivity contribution in [3.05, 3.63) is 48.0 Å². The van der Waals surface area contributed by atoms with Crippen molar-refractivity contribution in [2.24, 2.45) is 0 Å². The first kappa shape index (κ1) is 17.7. The molecule has 0 amide bonds. The molecule has 0 N–H and O–H groups in total. The number of aromatic nitrogens is 3. The highest BCUT2D eigenvalue weighted by Gasteiger charge is 2.29. The van der Waals surface area contributed by atoms with Crippen LogP contribution < -0.4 is 0 Å². The van der Waals surface area contributed by atoms with E-state index in [2.05, 4.69) is 99.0 Å². The molecule has 2 aromatic carbocycles. The van der Waals surface area contributed by atoms with Gasteiger partial charge in [0.2, 0.25) is 0 Å². The van der Waals surface area contributed by atoms with Crippen LogP contribution in [-0.2, 0) is 11.0 Å². The van der Waals surface area contributed by atoms with Crippen LogP contribution in [0.3, 0.4) is 0 Å². The lowest BCUT2D eigenvalue weighted by molar-refractivity contribution is 0.311. The van der Waals surface area contributed by atoms with Crippen molar-refractivity contribution in [1.82, 2.24) is 15.0 Å². The van der Waals surface area contributed by atoms with Crippen LogP contribution in [0.4, 0.5) is 0 Å². The van der Waals surface area contributed by atoms with Crippen LogP contribution in [-0.4, -0.2) is 15.0 Å². The molecule has 0 saturated carbocycles. The van der Waals surface area contributed by atoms with Crippen LogP contribution >= 0.6 is 0 Å². The Morgan fingerprint density at radius 1 is 0.880 bits per heavy atom. The van der Waals surface area contributed by atoms with Gasteiger partial charge in [-0.2, -0.15) is 0 Å². The molecule has 3 nitrogen and oxygen atoms in total. The number of hydrogen-bond acceptors (Lipinski definition) is 2. The van der Waals surface area contributed by atoms with Crippen LogP contribution in [0, 0.1) is 0 Å². The van der Waals surface area contributed by atoms with E-state index in [0.29, 0.717) is 0 Å². The van der Waals surface area contributed by atoms with Crippen LogP contribution in [0.1, 0.15) is 59.9 Å². The van der Waals surface area contributed by atoms with Gasteiger partial charge in [-0.05, 0) is 49.3 Å². The van der Waals surface area contributed by atoms with Gasteiger partial charge in [0.25, 0.3) is 0 Å². The van der Waals surface area contributed by atoms with Gasteiger partial charge >= 0.3 is 0 Å². The zero-order valence-electron chi connectivity index (χ0n) is 16.3. The molecule has 3 aromatic rings. The zero-order chi connectivity index (χ0) is 18.2. The van der Waals surface area contributed by atoms with Crippen molar-refractivity contribution in [2.45, 2.75) is 65.3 Å². The molecule has 3 rings (SSSR count). The molecule has 0 spiro atoms. The Morgan fingerprint density at radius 3 is 2.16 bits per heavy atom. The third-order valence-electron chi connectivity index (χ3n) is 5.72. The Balaban J connectivity index is 2.45. The van der Waals surface area contributed by atoms with Gasteiger partial charge in [-0.15, -0.1) is 5.10 Å². The summed E-state index contributed by atoms with van der Waals surface area (Å²) in [6.07, 6.45) is 2.08. The predicted octanol–water partition coefficient (Wildman–Crippen LogP) is 5.93. The van der Waals surface area contributed by atoms with E-state index in [0.717, 1.165) is 23.9 Å². The smallest absolute Gasteiger partial charge is 0.113 e. The van der Waals surface area contributed by atoms with Gasteiger partial charge < -0.3 is 0 Å². The van der Waals surface area contributed by atoms with E-state index in [1.165, 1.54) is 16.7 Å². The summed E-state index contributed by atoms with van der Waals surface area (Å²) < 4.78 is 2.12. The van der Waals surface area contributed by atoms with Crippen molar-refractivity contribution in [1.29, 1.82) is 0 Å². The molecule has 0 bridgehead atoms. The Hall–Kier alpha value is -2.16. The molecule has 0 radical (unpaired) electrons. The van der Waals surface area contributed by atoms with E-state index in [-0.39, 0.29) is 11.0 Å². The Morgan fingerprint density at radius 2 is 1.56 bits per heavy atom. The second kappa shape index (κ2) is 6.29. The first-order valence-electron chi connectivity index (χ1n) is 9.26. The van der Waals surface area contributed by atoms with Crippen molar-refractivity contribution in [2.75, 3.05) is 0 Å². The van der Waals surface area contributed by atoms with Gasteiger partial charge in [-0.3, -0.25) is 0 Å².